The third-order valence-electron chi connectivity index (χ3n) is 3.37. The number of pyridine rings is 1. The van der Waals surface area contributed by atoms with Crippen LogP contribution >= 0.6 is 0 Å². The van der Waals surface area contributed by atoms with Gasteiger partial charge in [-0.05, 0) is 18.7 Å². The Morgan fingerprint density at radius 1 is 1.21 bits per heavy atom. The minimum absolute atomic E-state index is 0.0530. The van der Waals surface area contributed by atoms with E-state index in [0.717, 1.165) is 5.39 Å². The molecule has 0 amide bonds. The predicted molar refractivity (Wildman–Crippen MR) is 88.0 cm³/mol. The lowest BCUT2D eigenvalue weighted by Gasteiger charge is -2.15. The van der Waals surface area contributed by atoms with Crippen LogP contribution < -0.4 is 5.11 Å². The zero-order valence-corrected chi connectivity index (χ0v) is 13.4. The van der Waals surface area contributed by atoms with Crippen LogP contribution in [0, 0.1) is 0 Å². The second-order valence-electron chi connectivity index (χ2n) is 4.98. The smallest absolute Gasteiger partial charge is 0.162 e. The number of rotatable bonds is 5. The van der Waals surface area contributed by atoms with Gasteiger partial charge in [0.25, 0.3) is 0 Å². The van der Waals surface area contributed by atoms with Crippen LogP contribution in [0.25, 0.3) is 16.6 Å². The molecule has 0 unspecified atom stereocenters. The van der Waals surface area contributed by atoms with Gasteiger partial charge in [0, 0.05) is 31.0 Å². The lowest BCUT2D eigenvalue weighted by atomic mass is 10.2. The molecular weight excluding hydrogens is 306 g/mol. The lowest BCUT2D eigenvalue weighted by Crippen LogP contribution is -2.12. The van der Waals surface area contributed by atoms with Crippen molar-refractivity contribution in [3.63, 3.8) is 0 Å². The zero-order valence-electron chi connectivity index (χ0n) is 13.4. The molecule has 0 radical (unpaired) electrons. The highest BCUT2D eigenvalue weighted by Gasteiger charge is 2.10. The van der Waals surface area contributed by atoms with E-state index >= 15 is 0 Å². The van der Waals surface area contributed by atoms with E-state index in [4.69, 9.17) is 4.74 Å². The highest BCUT2D eigenvalue weighted by molar-refractivity contribution is 5.88. The Kier molecular flexibility index (Phi) is 4.51. The molecule has 0 bridgehead atoms. The summed E-state index contributed by atoms with van der Waals surface area (Å²) in [5.41, 5.74) is 1.34. The summed E-state index contributed by atoms with van der Waals surface area (Å²) in [5, 5.41) is 21.5. The van der Waals surface area contributed by atoms with Crippen molar-refractivity contribution in [2.45, 2.75) is 6.92 Å². The number of ether oxygens (including phenoxy) is 1. The number of benzene rings is 1. The largest absolute Gasteiger partial charge is 0.612 e. The molecule has 3 aromatic rings. The number of aromatic nitrogens is 3. The molecule has 0 aliphatic carbocycles. The van der Waals surface area contributed by atoms with Crippen LogP contribution in [-0.2, 0) is 11.8 Å². The van der Waals surface area contributed by atoms with Gasteiger partial charge in [-0.1, -0.05) is 25.1 Å². The molecule has 3 rings (SSSR count). The number of imidazole rings is 1. The molecule has 0 saturated heterocycles. The second-order valence-corrected chi connectivity index (χ2v) is 4.98. The quantitative estimate of drug-likeness (QED) is 0.534. The minimum atomic E-state index is -0.566. The fraction of sp³-hybridized carbons (Fsp3) is 0.176. The minimum Gasteiger partial charge on any atom is -0.612 e. The van der Waals surface area contributed by atoms with Gasteiger partial charge in [-0.15, -0.1) is 10.2 Å². The molecular formula is C17H16N5O2-. The van der Waals surface area contributed by atoms with E-state index in [1.54, 1.807) is 43.2 Å². The van der Waals surface area contributed by atoms with E-state index in [1.165, 1.54) is 0 Å². The van der Waals surface area contributed by atoms with Crippen LogP contribution in [0.4, 0.5) is 5.69 Å². The van der Waals surface area contributed by atoms with Crippen molar-refractivity contribution in [2.24, 2.45) is 17.3 Å². The third kappa shape index (κ3) is 3.10. The van der Waals surface area contributed by atoms with Crippen LogP contribution in [0.1, 0.15) is 12.7 Å². The molecule has 0 N–H and O–H groups in total. The van der Waals surface area contributed by atoms with Gasteiger partial charge in [0.05, 0.1) is 11.5 Å². The molecule has 7 heteroatoms. The first-order valence-electron chi connectivity index (χ1n) is 7.48. The monoisotopic (exact) mass is 322 g/mol. The summed E-state index contributed by atoms with van der Waals surface area (Å²) >= 11 is 0. The van der Waals surface area contributed by atoms with Gasteiger partial charge < -0.3 is 14.4 Å². The fourth-order valence-electron chi connectivity index (χ4n) is 2.24. The number of aryl methyl sites for hydroxylation is 1. The van der Waals surface area contributed by atoms with Gasteiger partial charge in [0.1, 0.15) is 5.69 Å². The Bertz CT molecular complexity index is 909. The van der Waals surface area contributed by atoms with Crippen molar-refractivity contribution < 1.29 is 9.84 Å². The van der Waals surface area contributed by atoms with Gasteiger partial charge in [0.2, 0.25) is 0 Å². The first-order valence-corrected chi connectivity index (χ1v) is 7.48. The van der Waals surface area contributed by atoms with Crippen LogP contribution in [0.5, 0.6) is 0 Å². The Hall–Kier alpha value is -3.22. The number of azo groups is 1. The Morgan fingerprint density at radius 2 is 2.04 bits per heavy atom. The SMILES string of the molecule is CCOC([O-])=C(N=Nc1cccc2cccnc12)c1nccn1C. The molecule has 2 heterocycles. The summed E-state index contributed by atoms with van der Waals surface area (Å²) in [5.74, 6) is -0.172. The molecule has 0 fully saturated rings. The number of nitrogens with zero attached hydrogens (tertiary/aromatic N) is 5. The summed E-state index contributed by atoms with van der Waals surface area (Å²) < 4.78 is 6.75. The number of fused-ring (bicyclic) bond motifs is 1. The molecule has 0 aliphatic heterocycles. The van der Waals surface area contributed by atoms with Crippen LogP contribution in [0.2, 0.25) is 0 Å². The summed E-state index contributed by atoms with van der Waals surface area (Å²) in [6.07, 6.45) is 5.00. The topological polar surface area (TPSA) is 87.7 Å². The lowest BCUT2D eigenvalue weighted by molar-refractivity contribution is -0.355. The molecule has 0 aliphatic rings. The van der Waals surface area contributed by atoms with E-state index in [2.05, 4.69) is 20.2 Å². The molecule has 24 heavy (non-hydrogen) atoms. The normalized spacial score (nSPS) is 12.6. The van der Waals surface area contributed by atoms with Crippen molar-refractivity contribution in [1.82, 2.24) is 14.5 Å². The average Bonchev–Trinajstić information content (AvgIpc) is 3.01. The maximum atomic E-state index is 12.2. The Balaban J connectivity index is 2.05. The van der Waals surface area contributed by atoms with Crippen molar-refractivity contribution in [3.05, 3.63) is 60.7 Å². The molecule has 1 aromatic carbocycles. The fourth-order valence-corrected chi connectivity index (χ4v) is 2.24. The molecule has 0 saturated carbocycles. The second kappa shape index (κ2) is 6.91. The van der Waals surface area contributed by atoms with Crippen LogP contribution in [-0.4, -0.2) is 21.1 Å². The maximum absolute atomic E-state index is 12.2. The standard InChI is InChI=1S/C17H17N5O2/c1-3-24-17(23)15(16-19-10-11-22(16)2)21-20-13-8-4-6-12-7-5-9-18-14(12)13/h4-11,23H,3H2,1-2H3/p-1. The first kappa shape index (κ1) is 15.7. The van der Waals surface area contributed by atoms with Crippen molar-refractivity contribution >= 4 is 22.3 Å². The van der Waals surface area contributed by atoms with E-state index in [0.29, 0.717) is 17.0 Å². The van der Waals surface area contributed by atoms with Gasteiger partial charge in [-0.25, -0.2) is 4.98 Å². The zero-order chi connectivity index (χ0) is 16.9. The van der Waals surface area contributed by atoms with E-state index in [1.807, 2.05) is 24.3 Å². The van der Waals surface area contributed by atoms with Crippen LogP contribution in [0.15, 0.2) is 65.1 Å². The van der Waals surface area contributed by atoms with Gasteiger partial charge >= 0.3 is 0 Å². The Labute approximate surface area is 139 Å². The number of hydrogen-bond donors (Lipinski definition) is 0. The van der Waals surface area contributed by atoms with E-state index in [9.17, 15) is 5.11 Å². The molecule has 0 atom stereocenters. The Morgan fingerprint density at radius 3 is 2.79 bits per heavy atom. The summed E-state index contributed by atoms with van der Waals surface area (Å²) in [6, 6.07) is 9.39. The highest BCUT2D eigenvalue weighted by Crippen LogP contribution is 2.26. The number of para-hydroxylation sites is 1. The average molecular weight is 322 g/mol. The van der Waals surface area contributed by atoms with Gasteiger partial charge in [-0.3, -0.25) is 4.98 Å². The molecule has 2 aromatic heterocycles. The van der Waals surface area contributed by atoms with E-state index in [-0.39, 0.29) is 12.3 Å². The molecule has 0 spiro atoms. The maximum Gasteiger partial charge on any atom is 0.162 e. The summed E-state index contributed by atoms with van der Waals surface area (Å²) in [7, 11) is 1.77. The summed E-state index contributed by atoms with van der Waals surface area (Å²) in [4.78, 5) is 8.47. The third-order valence-corrected chi connectivity index (χ3v) is 3.37. The van der Waals surface area contributed by atoms with Crippen molar-refractivity contribution in [3.8, 4) is 0 Å². The first-order chi connectivity index (χ1) is 11.7. The predicted octanol–water partition coefficient (Wildman–Crippen LogP) is 2.78. The highest BCUT2D eigenvalue weighted by atomic mass is 16.6. The van der Waals surface area contributed by atoms with Crippen molar-refractivity contribution in [2.75, 3.05) is 6.61 Å². The summed E-state index contributed by atoms with van der Waals surface area (Å²) in [6.45, 7) is 1.98. The van der Waals surface area contributed by atoms with E-state index < -0.39 is 5.95 Å². The molecule has 7 nitrogen and oxygen atoms in total. The van der Waals surface area contributed by atoms with Gasteiger partial charge in [-0.2, -0.15) is 0 Å². The van der Waals surface area contributed by atoms with Crippen molar-refractivity contribution in [1.29, 1.82) is 0 Å². The van der Waals surface area contributed by atoms with Crippen LogP contribution in [0.3, 0.4) is 0 Å². The molecule has 122 valence electrons. The number of hydrogen-bond acceptors (Lipinski definition) is 6. The van der Waals surface area contributed by atoms with Gasteiger partial charge in [0.15, 0.2) is 11.5 Å².